The molecule has 0 aliphatic rings. The van der Waals surface area contributed by atoms with Crippen LogP contribution < -0.4 is 22.1 Å². The van der Waals surface area contributed by atoms with Crippen LogP contribution in [0.2, 0.25) is 0 Å². The Morgan fingerprint density at radius 2 is 1.52 bits per heavy atom. The number of anilines is 2. The van der Waals surface area contributed by atoms with E-state index in [1.165, 1.54) is 18.2 Å². The molecule has 0 atom stereocenters. The Morgan fingerprint density at radius 1 is 1.00 bits per heavy atom. The number of hydrogen-bond donors (Lipinski definition) is 4. The zero-order valence-electron chi connectivity index (χ0n) is 12.1. The molecule has 0 saturated carbocycles. The summed E-state index contributed by atoms with van der Waals surface area (Å²) in [6.45, 7) is 0. The smallest absolute Gasteiger partial charge is 0.323 e. The monoisotopic (exact) mass is 338 g/mol. The van der Waals surface area contributed by atoms with Crippen molar-refractivity contribution in [3.8, 4) is 0 Å². The van der Waals surface area contributed by atoms with Crippen LogP contribution in [0.1, 0.15) is 5.56 Å². The van der Waals surface area contributed by atoms with Crippen LogP contribution in [0, 0.1) is 5.82 Å². The minimum Gasteiger partial charge on any atom is -0.352 e. The number of nitrogens with one attached hydrogen (secondary N) is 2. The first-order valence-electron chi connectivity index (χ1n) is 6.44. The van der Waals surface area contributed by atoms with E-state index in [1.807, 2.05) is 6.07 Å². The van der Waals surface area contributed by atoms with Crippen molar-refractivity contribution >= 4 is 35.0 Å². The SMILES string of the molecule is NC(N)=O.O=C(Nc1cccc(F)c1)Nc1cccc(CCl)c1. The van der Waals surface area contributed by atoms with Gasteiger partial charge in [0.05, 0.1) is 0 Å². The average molecular weight is 339 g/mol. The molecule has 0 aromatic heterocycles. The molecular weight excluding hydrogens is 323 g/mol. The summed E-state index contributed by atoms with van der Waals surface area (Å²) in [4.78, 5) is 20.7. The van der Waals surface area contributed by atoms with Crippen LogP contribution in [0.3, 0.4) is 0 Å². The maximum absolute atomic E-state index is 13.0. The first kappa shape index (κ1) is 18.2. The molecular formula is C15H16ClFN4O2. The van der Waals surface area contributed by atoms with Crippen LogP contribution >= 0.6 is 11.6 Å². The molecule has 2 rings (SSSR count). The highest BCUT2D eigenvalue weighted by Crippen LogP contribution is 2.14. The first-order valence-corrected chi connectivity index (χ1v) is 6.97. The molecule has 0 aliphatic carbocycles. The normalized spacial score (nSPS) is 9.30. The van der Waals surface area contributed by atoms with Gasteiger partial charge in [-0.3, -0.25) is 0 Å². The minimum atomic E-state index is -0.833. The van der Waals surface area contributed by atoms with Gasteiger partial charge >= 0.3 is 12.1 Å². The summed E-state index contributed by atoms with van der Waals surface area (Å²) in [5, 5.41) is 5.20. The topological polar surface area (TPSA) is 110 Å². The average Bonchev–Trinajstić information content (AvgIpc) is 2.46. The molecule has 0 bridgehead atoms. The number of carbonyl (C=O) groups is 2. The van der Waals surface area contributed by atoms with Crippen LogP contribution in [-0.2, 0) is 5.88 Å². The number of hydrogen-bond acceptors (Lipinski definition) is 2. The summed E-state index contributed by atoms with van der Waals surface area (Å²) in [6.07, 6.45) is 0. The van der Waals surface area contributed by atoms with E-state index in [0.717, 1.165) is 5.56 Å². The lowest BCUT2D eigenvalue weighted by molar-refractivity contribution is 0.256. The van der Waals surface area contributed by atoms with Gasteiger partial charge in [0.25, 0.3) is 0 Å². The van der Waals surface area contributed by atoms with E-state index in [9.17, 15) is 9.18 Å². The van der Waals surface area contributed by atoms with Crippen LogP contribution in [0.15, 0.2) is 48.5 Å². The molecule has 0 fully saturated rings. The Kier molecular flexibility index (Phi) is 7.35. The third-order valence-electron chi connectivity index (χ3n) is 2.42. The quantitative estimate of drug-likeness (QED) is 0.644. The fourth-order valence-electron chi connectivity index (χ4n) is 1.59. The molecule has 6 N–H and O–H groups in total. The number of rotatable bonds is 3. The zero-order valence-corrected chi connectivity index (χ0v) is 12.8. The molecule has 0 unspecified atom stereocenters. The molecule has 2 aromatic rings. The molecule has 0 saturated heterocycles. The van der Waals surface area contributed by atoms with E-state index in [4.69, 9.17) is 16.4 Å². The third-order valence-corrected chi connectivity index (χ3v) is 2.73. The number of carbonyl (C=O) groups excluding carboxylic acids is 2. The molecule has 0 heterocycles. The molecule has 8 heteroatoms. The fourth-order valence-corrected chi connectivity index (χ4v) is 1.76. The number of primary amides is 2. The van der Waals surface area contributed by atoms with Gasteiger partial charge in [0.15, 0.2) is 0 Å². The Hall–Kier alpha value is -2.80. The first-order chi connectivity index (χ1) is 10.9. The Bertz CT molecular complexity index is 678. The highest BCUT2D eigenvalue weighted by atomic mass is 35.5. The second kappa shape index (κ2) is 9.26. The van der Waals surface area contributed by atoms with Crippen molar-refractivity contribution in [1.29, 1.82) is 0 Å². The van der Waals surface area contributed by atoms with Crippen molar-refractivity contribution in [1.82, 2.24) is 0 Å². The number of urea groups is 2. The summed E-state index contributed by atoms with van der Waals surface area (Å²) in [6, 6.07) is 11.6. The van der Waals surface area contributed by atoms with Crippen LogP contribution in [0.4, 0.5) is 25.4 Å². The second-order valence-corrected chi connectivity index (χ2v) is 4.59. The van der Waals surface area contributed by atoms with Gasteiger partial charge in [-0.25, -0.2) is 14.0 Å². The molecule has 0 spiro atoms. The van der Waals surface area contributed by atoms with Gasteiger partial charge in [0.2, 0.25) is 0 Å². The summed E-state index contributed by atoms with van der Waals surface area (Å²) in [5.74, 6) is -0.0250. The highest BCUT2D eigenvalue weighted by Gasteiger charge is 2.03. The van der Waals surface area contributed by atoms with Crippen molar-refractivity contribution in [2.75, 3.05) is 10.6 Å². The predicted octanol–water partition coefficient (Wildman–Crippen LogP) is 3.23. The lowest BCUT2D eigenvalue weighted by atomic mass is 10.2. The maximum Gasteiger partial charge on any atom is 0.323 e. The predicted molar refractivity (Wildman–Crippen MR) is 88.8 cm³/mol. The lowest BCUT2D eigenvalue weighted by Gasteiger charge is -2.08. The standard InChI is InChI=1S/C14H12ClFN2O.CH4N2O/c15-9-10-3-1-5-12(7-10)17-14(19)18-13-6-2-4-11(16)8-13;2-1(3)4/h1-8H,9H2,(H2,17,18,19);(H4,2,3,4). The van der Waals surface area contributed by atoms with Gasteiger partial charge in [-0.1, -0.05) is 18.2 Å². The van der Waals surface area contributed by atoms with E-state index in [2.05, 4.69) is 22.1 Å². The minimum absolute atomic E-state index is 0.376. The number of benzene rings is 2. The molecule has 6 nitrogen and oxygen atoms in total. The van der Waals surface area contributed by atoms with Crippen molar-refractivity contribution < 1.29 is 14.0 Å². The van der Waals surface area contributed by atoms with E-state index in [1.54, 1.807) is 24.3 Å². The Balaban J connectivity index is 0.000000593. The second-order valence-electron chi connectivity index (χ2n) is 4.33. The lowest BCUT2D eigenvalue weighted by Crippen LogP contribution is -2.19. The summed E-state index contributed by atoms with van der Waals surface area (Å²) < 4.78 is 13.0. The van der Waals surface area contributed by atoms with Crippen LogP contribution in [-0.4, -0.2) is 12.1 Å². The van der Waals surface area contributed by atoms with Crippen LogP contribution in [0.5, 0.6) is 0 Å². The molecule has 23 heavy (non-hydrogen) atoms. The number of nitrogens with two attached hydrogens (primary N) is 2. The number of amides is 4. The van der Waals surface area contributed by atoms with Crippen LogP contribution in [0.25, 0.3) is 0 Å². The highest BCUT2D eigenvalue weighted by molar-refractivity contribution is 6.17. The van der Waals surface area contributed by atoms with Gasteiger partial charge in [-0.15, -0.1) is 11.6 Å². The Morgan fingerprint density at radius 3 is 2.04 bits per heavy atom. The van der Waals surface area contributed by atoms with E-state index >= 15 is 0 Å². The maximum atomic E-state index is 13.0. The number of alkyl halides is 1. The largest absolute Gasteiger partial charge is 0.352 e. The van der Waals surface area contributed by atoms with E-state index in [0.29, 0.717) is 17.3 Å². The van der Waals surface area contributed by atoms with Crippen molar-refractivity contribution in [2.24, 2.45) is 11.5 Å². The summed E-state index contributed by atoms with van der Waals surface area (Å²) >= 11 is 5.71. The summed E-state index contributed by atoms with van der Waals surface area (Å²) in [7, 11) is 0. The van der Waals surface area contributed by atoms with Gasteiger partial charge in [0.1, 0.15) is 5.82 Å². The summed E-state index contributed by atoms with van der Waals surface area (Å²) in [5.41, 5.74) is 10.4. The van der Waals surface area contributed by atoms with Crippen molar-refractivity contribution in [3.63, 3.8) is 0 Å². The molecule has 122 valence electrons. The van der Waals surface area contributed by atoms with Crippen molar-refractivity contribution in [2.45, 2.75) is 5.88 Å². The van der Waals surface area contributed by atoms with E-state index in [-0.39, 0.29) is 0 Å². The van der Waals surface area contributed by atoms with E-state index < -0.39 is 17.9 Å². The molecule has 0 radical (unpaired) electrons. The van der Waals surface area contributed by atoms with Gasteiger partial charge in [0, 0.05) is 17.3 Å². The molecule has 0 aliphatic heterocycles. The molecule has 4 amide bonds. The van der Waals surface area contributed by atoms with Crippen molar-refractivity contribution in [3.05, 3.63) is 59.9 Å². The Labute approximate surface area is 137 Å². The fraction of sp³-hybridized carbons (Fsp3) is 0.0667. The van der Waals surface area contributed by atoms with Gasteiger partial charge < -0.3 is 22.1 Å². The zero-order chi connectivity index (χ0) is 17.2. The third kappa shape index (κ3) is 7.68. The molecule has 2 aromatic carbocycles. The number of halogens is 2. The van der Waals surface area contributed by atoms with Gasteiger partial charge in [-0.2, -0.15) is 0 Å². The van der Waals surface area contributed by atoms with Gasteiger partial charge in [-0.05, 0) is 35.9 Å².